The summed E-state index contributed by atoms with van der Waals surface area (Å²) < 4.78 is 27.1. The molecule has 0 aliphatic rings. The third-order valence-electron chi connectivity index (χ3n) is 3.43. The molecular formula is C16H13F2N3. The van der Waals surface area contributed by atoms with Gasteiger partial charge in [0, 0.05) is 23.2 Å². The maximum atomic E-state index is 14.0. The number of halogens is 2. The predicted octanol–water partition coefficient (Wildman–Crippen LogP) is 3.07. The molecule has 0 bridgehead atoms. The van der Waals surface area contributed by atoms with Gasteiger partial charge in [0.2, 0.25) is 0 Å². The highest BCUT2D eigenvalue weighted by molar-refractivity contribution is 5.83. The minimum Gasteiger partial charge on any atom is -0.271 e. The van der Waals surface area contributed by atoms with Crippen LogP contribution < -0.4 is 11.3 Å². The SMILES string of the molecule is NNC(c1ccc(F)cc1F)c1cccc2ncccc12. The van der Waals surface area contributed by atoms with E-state index in [2.05, 4.69) is 10.4 Å². The molecule has 3 N–H and O–H groups in total. The standard InChI is InChI=1S/C16H13F2N3/c17-10-6-7-13(14(18)9-10)16(21-19)12-3-1-5-15-11(12)4-2-8-20-15/h1-9,16,21H,19H2. The molecule has 1 unspecified atom stereocenters. The van der Waals surface area contributed by atoms with Gasteiger partial charge in [-0.05, 0) is 23.8 Å². The maximum absolute atomic E-state index is 14.0. The van der Waals surface area contributed by atoms with Crippen LogP contribution in [0, 0.1) is 11.6 Å². The van der Waals surface area contributed by atoms with Gasteiger partial charge in [0.05, 0.1) is 11.6 Å². The summed E-state index contributed by atoms with van der Waals surface area (Å²) in [6.07, 6.45) is 1.69. The van der Waals surface area contributed by atoms with Crippen molar-refractivity contribution < 1.29 is 8.78 Å². The number of hydrogen-bond acceptors (Lipinski definition) is 3. The fourth-order valence-corrected chi connectivity index (χ4v) is 2.46. The lowest BCUT2D eigenvalue weighted by Crippen LogP contribution is -2.29. The van der Waals surface area contributed by atoms with Crippen LogP contribution in [-0.2, 0) is 0 Å². The van der Waals surface area contributed by atoms with Gasteiger partial charge in [-0.1, -0.05) is 24.3 Å². The molecule has 2 aromatic carbocycles. The largest absolute Gasteiger partial charge is 0.271 e. The van der Waals surface area contributed by atoms with Crippen molar-refractivity contribution in [2.24, 2.45) is 5.84 Å². The number of aromatic nitrogens is 1. The molecule has 0 saturated carbocycles. The van der Waals surface area contributed by atoms with Crippen LogP contribution in [0.3, 0.4) is 0 Å². The van der Waals surface area contributed by atoms with E-state index in [1.54, 1.807) is 12.3 Å². The molecule has 0 spiro atoms. The molecule has 1 heterocycles. The molecule has 0 fully saturated rings. The summed E-state index contributed by atoms with van der Waals surface area (Å²) in [5, 5.41) is 0.867. The molecule has 3 rings (SSSR count). The summed E-state index contributed by atoms with van der Waals surface area (Å²) in [4.78, 5) is 4.27. The van der Waals surface area contributed by atoms with Gasteiger partial charge in [-0.3, -0.25) is 10.8 Å². The van der Waals surface area contributed by atoms with Crippen molar-refractivity contribution in [3.05, 3.63) is 77.5 Å². The molecule has 0 aliphatic carbocycles. The van der Waals surface area contributed by atoms with Gasteiger partial charge in [0.25, 0.3) is 0 Å². The molecule has 5 heteroatoms. The van der Waals surface area contributed by atoms with Crippen LogP contribution in [0.2, 0.25) is 0 Å². The summed E-state index contributed by atoms with van der Waals surface area (Å²) in [6.45, 7) is 0. The van der Waals surface area contributed by atoms with Crippen LogP contribution >= 0.6 is 0 Å². The predicted molar refractivity (Wildman–Crippen MR) is 77.3 cm³/mol. The molecule has 0 saturated heterocycles. The van der Waals surface area contributed by atoms with E-state index in [1.165, 1.54) is 12.1 Å². The van der Waals surface area contributed by atoms with E-state index in [0.717, 1.165) is 22.5 Å². The van der Waals surface area contributed by atoms with Gasteiger partial charge in [0.1, 0.15) is 11.6 Å². The lowest BCUT2D eigenvalue weighted by Gasteiger charge is -2.19. The Kier molecular flexibility index (Phi) is 3.60. The van der Waals surface area contributed by atoms with Crippen LogP contribution in [-0.4, -0.2) is 4.98 Å². The summed E-state index contributed by atoms with van der Waals surface area (Å²) in [6, 6.07) is 12.1. The third-order valence-corrected chi connectivity index (χ3v) is 3.43. The lowest BCUT2D eigenvalue weighted by molar-refractivity contribution is 0.542. The zero-order valence-corrected chi connectivity index (χ0v) is 11.1. The smallest absolute Gasteiger partial charge is 0.131 e. The molecule has 3 nitrogen and oxygen atoms in total. The lowest BCUT2D eigenvalue weighted by atomic mass is 9.95. The van der Waals surface area contributed by atoms with E-state index in [-0.39, 0.29) is 5.56 Å². The second-order valence-electron chi connectivity index (χ2n) is 4.68. The number of benzene rings is 2. The number of rotatable bonds is 3. The molecule has 0 aliphatic heterocycles. The Morgan fingerprint density at radius 3 is 2.62 bits per heavy atom. The zero-order valence-electron chi connectivity index (χ0n) is 11.1. The summed E-state index contributed by atoms with van der Waals surface area (Å²) in [5.41, 5.74) is 4.46. The Morgan fingerprint density at radius 2 is 1.86 bits per heavy atom. The number of nitrogens with two attached hydrogens (primary N) is 1. The molecular weight excluding hydrogens is 272 g/mol. The highest BCUT2D eigenvalue weighted by atomic mass is 19.1. The van der Waals surface area contributed by atoms with Gasteiger partial charge >= 0.3 is 0 Å². The molecule has 3 aromatic rings. The van der Waals surface area contributed by atoms with Gasteiger partial charge < -0.3 is 0 Å². The highest BCUT2D eigenvalue weighted by Crippen LogP contribution is 2.29. The second kappa shape index (κ2) is 5.55. The first-order valence-corrected chi connectivity index (χ1v) is 6.45. The van der Waals surface area contributed by atoms with Crippen LogP contribution in [0.5, 0.6) is 0 Å². The average Bonchev–Trinajstić information content (AvgIpc) is 2.50. The zero-order chi connectivity index (χ0) is 14.8. The van der Waals surface area contributed by atoms with E-state index in [4.69, 9.17) is 5.84 Å². The second-order valence-corrected chi connectivity index (χ2v) is 4.68. The summed E-state index contributed by atoms with van der Waals surface area (Å²) in [5.74, 6) is 4.35. The van der Waals surface area contributed by atoms with Gasteiger partial charge in [0.15, 0.2) is 0 Å². The minimum absolute atomic E-state index is 0.287. The van der Waals surface area contributed by atoms with Gasteiger partial charge in [-0.2, -0.15) is 0 Å². The molecule has 0 radical (unpaired) electrons. The Hall–Kier alpha value is -2.37. The van der Waals surface area contributed by atoms with Crippen molar-refractivity contribution in [1.82, 2.24) is 10.4 Å². The Labute approximate surface area is 120 Å². The van der Waals surface area contributed by atoms with Gasteiger partial charge in [-0.25, -0.2) is 14.2 Å². The molecule has 1 atom stereocenters. The molecule has 0 amide bonds. The number of nitrogens with one attached hydrogen (secondary N) is 1. The van der Waals surface area contributed by atoms with E-state index in [9.17, 15) is 8.78 Å². The number of fused-ring (bicyclic) bond motifs is 1. The van der Waals surface area contributed by atoms with Crippen molar-refractivity contribution in [2.45, 2.75) is 6.04 Å². The topological polar surface area (TPSA) is 50.9 Å². The quantitative estimate of drug-likeness (QED) is 0.574. The summed E-state index contributed by atoms with van der Waals surface area (Å²) in [7, 11) is 0. The van der Waals surface area contributed by atoms with Crippen molar-refractivity contribution in [3.63, 3.8) is 0 Å². The van der Waals surface area contributed by atoms with Gasteiger partial charge in [-0.15, -0.1) is 0 Å². The monoisotopic (exact) mass is 285 g/mol. The molecule has 21 heavy (non-hydrogen) atoms. The molecule has 1 aromatic heterocycles. The first-order valence-electron chi connectivity index (χ1n) is 6.45. The van der Waals surface area contributed by atoms with E-state index in [1.807, 2.05) is 24.3 Å². The van der Waals surface area contributed by atoms with Crippen LogP contribution in [0.1, 0.15) is 17.2 Å². The van der Waals surface area contributed by atoms with Crippen LogP contribution in [0.15, 0.2) is 54.7 Å². The van der Waals surface area contributed by atoms with Crippen molar-refractivity contribution in [1.29, 1.82) is 0 Å². The van der Waals surface area contributed by atoms with Crippen molar-refractivity contribution in [2.75, 3.05) is 0 Å². The third kappa shape index (κ3) is 2.49. The number of hydrazine groups is 1. The molecule has 106 valence electrons. The first kappa shape index (κ1) is 13.6. The fraction of sp³-hybridized carbons (Fsp3) is 0.0625. The van der Waals surface area contributed by atoms with E-state index >= 15 is 0 Å². The first-order chi connectivity index (χ1) is 10.2. The van der Waals surface area contributed by atoms with Crippen LogP contribution in [0.4, 0.5) is 8.78 Å². The van der Waals surface area contributed by atoms with E-state index in [0.29, 0.717) is 0 Å². The average molecular weight is 285 g/mol. The highest BCUT2D eigenvalue weighted by Gasteiger charge is 2.19. The number of nitrogens with zero attached hydrogens (tertiary/aromatic N) is 1. The fourth-order valence-electron chi connectivity index (χ4n) is 2.46. The normalized spacial score (nSPS) is 12.5. The van der Waals surface area contributed by atoms with Crippen molar-refractivity contribution in [3.8, 4) is 0 Å². The maximum Gasteiger partial charge on any atom is 0.131 e. The Balaban J connectivity index is 2.18. The number of hydrogen-bond donors (Lipinski definition) is 2. The summed E-state index contributed by atoms with van der Waals surface area (Å²) >= 11 is 0. The van der Waals surface area contributed by atoms with Crippen LogP contribution in [0.25, 0.3) is 10.9 Å². The van der Waals surface area contributed by atoms with E-state index < -0.39 is 17.7 Å². The minimum atomic E-state index is -0.640. The number of pyridine rings is 1. The Bertz CT molecular complexity index is 784. The van der Waals surface area contributed by atoms with Crippen molar-refractivity contribution >= 4 is 10.9 Å². The Morgan fingerprint density at radius 1 is 1.00 bits per heavy atom.